The third kappa shape index (κ3) is 3.48. The molecule has 2 aliphatic carbocycles. The van der Waals surface area contributed by atoms with Crippen LogP contribution in [0.2, 0.25) is 0 Å². The molecule has 108 valence electrons. The van der Waals surface area contributed by atoms with Crippen molar-refractivity contribution in [3.05, 3.63) is 0 Å². The van der Waals surface area contributed by atoms with Crippen LogP contribution >= 0.6 is 0 Å². The molecule has 4 heteroatoms. The Bertz CT molecular complexity index is 319. The first-order chi connectivity index (χ1) is 9.28. The second-order valence-electron chi connectivity index (χ2n) is 6.36. The predicted molar refractivity (Wildman–Crippen MR) is 76.0 cm³/mol. The van der Waals surface area contributed by atoms with E-state index in [1.54, 1.807) is 0 Å². The highest BCUT2D eigenvalue weighted by Crippen LogP contribution is 2.30. The number of likely N-dealkylation sites (N-methyl/N-ethyl adjacent to an activating group) is 1. The summed E-state index contributed by atoms with van der Waals surface area (Å²) in [6.45, 7) is 5.85. The average molecular weight is 265 g/mol. The quantitative estimate of drug-likeness (QED) is 0.751. The summed E-state index contributed by atoms with van der Waals surface area (Å²) in [5.74, 6) is 0.356. The van der Waals surface area contributed by atoms with Gasteiger partial charge < -0.3 is 10.2 Å². The number of rotatable bonds is 7. The molecule has 0 radical (unpaired) electrons. The highest BCUT2D eigenvalue weighted by Gasteiger charge is 2.36. The van der Waals surface area contributed by atoms with Gasteiger partial charge >= 0.3 is 0 Å². The minimum atomic E-state index is 0.356. The molecule has 0 aromatic carbocycles. The zero-order valence-corrected chi connectivity index (χ0v) is 12.1. The lowest BCUT2D eigenvalue weighted by atomic mass is 10.2. The standard InChI is InChI=1S/C15H27N3O/c1-2-18(14-7-8-14)15(19)11-17(13-5-6-13)10-12-4-3-9-16-12/h12-14,16H,2-11H2,1H3. The number of carbonyl (C=O) groups is 1. The first kappa shape index (κ1) is 13.4. The van der Waals surface area contributed by atoms with E-state index in [4.69, 9.17) is 0 Å². The minimum absolute atomic E-state index is 0.356. The first-order valence-electron chi connectivity index (χ1n) is 8.05. The number of amides is 1. The van der Waals surface area contributed by atoms with E-state index in [1.165, 1.54) is 38.5 Å². The fourth-order valence-corrected chi connectivity index (χ4v) is 3.27. The van der Waals surface area contributed by atoms with Crippen molar-refractivity contribution < 1.29 is 4.79 Å². The van der Waals surface area contributed by atoms with E-state index in [-0.39, 0.29) is 0 Å². The van der Waals surface area contributed by atoms with Gasteiger partial charge in [-0.05, 0) is 52.0 Å². The molecular weight excluding hydrogens is 238 g/mol. The van der Waals surface area contributed by atoms with Crippen LogP contribution in [0, 0.1) is 0 Å². The smallest absolute Gasteiger partial charge is 0.236 e. The Balaban J connectivity index is 1.52. The molecule has 4 nitrogen and oxygen atoms in total. The summed E-state index contributed by atoms with van der Waals surface area (Å²) in [7, 11) is 0. The summed E-state index contributed by atoms with van der Waals surface area (Å²) in [4.78, 5) is 17.0. The van der Waals surface area contributed by atoms with Gasteiger partial charge in [-0.1, -0.05) is 0 Å². The second kappa shape index (κ2) is 5.80. The Morgan fingerprint density at radius 2 is 1.89 bits per heavy atom. The fraction of sp³-hybridized carbons (Fsp3) is 0.933. The monoisotopic (exact) mass is 265 g/mol. The molecule has 0 aromatic rings. The van der Waals surface area contributed by atoms with E-state index in [9.17, 15) is 4.79 Å². The third-order valence-corrected chi connectivity index (χ3v) is 4.67. The van der Waals surface area contributed by atoms with Crippen LogP contribution in [-0.4, -0.2) is 60.0 Å². The van der Waals surface area contributed by atoms with E-state index in [2.05, 4.69) is 22.0 Å². The van der Waals surface area contributed by atoms with Gasteiger partial charge in [0.1, 0.15) is 0 Å². The molecule has 0 spiro atoms. The first-order valence-corrected chi connectivity index (χ1v) is 8.05. The van der Waals surface area contributed by atoms with Crippen molar-refractivity contribution in [2.75, 3.05) is 26.2 Å². The maximum atomic E-state index is 12.4. The van der Waals surface area contributed by atoms with Crippen LogP contribution in [0.15, 0.2) is 0 Å². The van der Waals surface area contributed by atoms with Crippen LogP contribution in [0.1, 0.15) is 45.4 Å². The van der Waals surface area contributed by atoms with Gasteiger partial charge in [-0.25, -0.2) is 0 Å². The maximum absolute atomic E-state index is 12.4. The van der Waals surface area contributed by atoms with Crippen LogP contribution in [0.5, 0.6) is 0 Å². The van der Waals surface area contributed by atoms with Crippen molar-refractivity contribution in [3.8, 4) is 0 Å². The number of nitrogens with one attached hydrogen (secondary N) is 1. The van der Waals surface area contributed by atoms with Crippen molar-refractivity contribution >= 4 is 5.91 Å². The molecule has 3 rings (SSSR count). The Morgan fingerprint density at radius 1 is 1.16 bits per heavy atom. The predicted octanol–water partition coefficient (Wildman–Crippen LogP) is 1.21. The maximum Gasteiger partial charge on any atom is 0.236 e. The molecule has 3 aliphatic rings. The Hall–Kier alpha value is -0.610. The van der Waals surface area contributed by atoms with Gasteiger partial charge in [-0.2, -0.15) is 0 Å². The van der Waals surface area contributed by atoms with Crippen molar-refractivity contribution in [1.29, 1.82) is 0 Å². The molecule has 1 atom stereocenters. The average Bonchev–Trinajstić information content (AvgIpc) is 3.31. The van der Waals surface area contributed by atoms with Gasteiger partial charge in [0.15, 0.2) is 0 Å². The zero-order chi connectivity index (χ0) is 13.2. The highest BCUT2D eigenvalue weighted by atomic mass is 16.2. The summed E-state index contributed by atoms with van der Waals surface area (Å²) >= 11 is 0. The second-order valence-corrected chi connectivity index (χ2v) is 6.36. The normalized spacial score (nSPS) is 26.9. The van der Waals surface area contributed by atoms with Gasteiger partial charge in [0.05, 0.1) is 6.54 Å². The molecule has 1 aliphatic heterocycles. The van der Waals surface area contributed by atoms with E-state index < -0.39 is 0 Å². The van der Waals surface area contributed by atoms with Crippen molar-refractivity contribution in [1.82, 2.24) is 15.1 Å². The topological polar surface area (TPSA) is 35.6 Å². The lowest BCUT2D eigenvalue weighted by Gasteiger charge is -2.28. The lowest BCUT2D eigenvalue weighted by molar-refractivity contribution is -0.133. The number of nitrogens with zero attached hydrogens (tertiary/aromatic N) is 2. The van der Waals surface area contributed by atoms with E-state index >= 15 is 0 Å². The highest BCUT2D eigenvalue weighted by molar-refractivity contribution is 5.79. The summed E-state index contributed by atoms with van der Waals surface area (Å²) < 4.78 is 0. The molecule has 1 saturated heterocycles. The Labute approximate surface area is 116 Å². The Kier molecular flexibility index (Phi) is 4.08. The largest absolute Gasteiger partial charge is 0.339 e. The molecular formula is C15H27N3O. The minimum Gasteiger partial charge on any atom is -0.339 e. The van der Waals surface area contributed by atoms with Gasteiger partial charge in [0.25, 0.3) is 0 Å². The summed E-state index contributed by atoms with van der Waals surface area (Å²) in [6, 6.07) is 1.86. The molecule has 3 fully saturated rings. The number of hydrogen-bond donors (Lipinski definition) is 1. The third-order valence-electron chi connectivity index (χ3n) is 4.67. The van der Waals surface area contributed by atoms with Gasteiger partial charge in [0.2, 0.25) is 5.91 Å². The van der Waals surface area contributed by atoms with E-state index in [1.807, 2.05) is 0 Å². The number of hydrogen-bond acceptors (Lipinski definition) is 3. The van der Waals surface area contributed by atoms with Crippen LogP contribution in [0.4, 0.5) is 0 Å². The molecule has 1 unspecified atom stereocenters. The van der Waals surface area contributed by atoms with Crippen LogP contribution in [0.3, 0.4) is 0 Å². The van der Waals surface area contributed by atoms with Crippen molar-refractivity contribution in [2.45, 2.75) is 63.6 Å². The molecule has 1 amide bonds. The van der Waals surface area contributed by atoms with Crippen LogP contribution < -0.4 is 5.32 Å². The summed E-state index contributed by atoms with van der Waals surface area (Å²) in [5, 5.41) is 3.55. The van der Waals surface area contributed by atoms with E-state index in [0.717, 1.165) is 19.6 Å². The Morgan fingerprint density at radius 3 is 2.42 bits per heavy atom. The van der Waals surface area contributed by atoms with Crippen molar-refractivity contribution in [3.63, 3.8) is 0 Å². The SMILES string of the molecule is CCN(C(=O)CN(CC1CCCN1)C1CC1)C1CC1. The van der Waals surface area contributed by atoms with Gasteiger partial charge in [0, 0.05) is 31.2 Å². The molecule has 0 bridgehead atoms. The molecule has 0 aromatic heterocycles. The summed E-state index contributed by atoms with van der Waals surface area (Å²) in [5.41, 5.74) is 0. The van der Waals surface area contributed by atoms with Gasteiger partial charge in [-0.3, -0.25) is 9.69 Å². The van der Waals surface area contributed by atoms with E-state index in [0.29, 0.717) is 30.6 Å². The molecule has 1 heterocycles. The molecule has 2 saturated carbocycles. The summed E-state index contributed by atoms with van der Waals surface area (Å²) in [6.07, 6.45) is 7.57. The number of carbonyl (C=O) groups excluding carboxylic acids is 1. The van der Waals surface area contributed by atoms with Crippen LogP contribution in [0.25, 0.3) is 0 Å². The zero-order valence-electron chi connectivity index (χ0n) is 12.1. The fourth-order valence-electron chi connectivity index (χ4n) is 3.27. The molecule has 1 N–H and O–H groups in total. The van der Waals surface area contributed by atoms with Gasteiger partial charge in [-0.15, -0.1) is 0 Å². The van der Waals surface area contributed by atoms with Crippen molar-refractivity contribution in [2.24, 2.45) is 0 Å². The lowest BCUT2D eigenvalue weighted by Crippen LogP contribution is -2.46. The van der Waals surface area contributed by atoms with Crippen LogP contribution in [-0.2, 0) is 4.79 Å². The molecule has 19 heavy (non-hydrogen) atoms.